The average Bonchev–Trinajstić information content (AvgIpc) is 1.67. The Kier molecular flexibility index (Phi) is 15.6. The zero-order valence-corrected chi connectivity index (χ0v) is 9.92. The van der Waals surface area contributed by atoms with Gasteiger partial charge in [-0.05, 0) is 6.92 Å². The van der Waals surface area contributed by atoms with E-state index in [-0.39, 0.29) is 43.1 Å². The number of carbonyl (C=O) groups is 1. The van der Waals surface area contributed by atoms with Gasteiger partial charge < -0.3 is 30.5 Å². The van der Waals surface area contributed by atoms with Crippen LogP contribution >= 0.6 is 0 Å². The molecule has 10 heavy (non-hydrogen) atoms. The molecule has 0 aliphatic rings. The van der Waals surface area contributed by atoms with Gasteiger partial charge in [0, 0.05) is 6.43 Å². The summed E-state index contributed by atoms with van der Waals surface area (Å²) < 4.78 is 26.0. The summed E-state index contributed by atoms with van der Waals surface area (Å²) in [6.07, 6.45) is -2.30. The van der Waals surface area contributed by atoms with E-state index >= 15 is 0 Å². The topological polar surface area (TPSA) is 26.3 Å². The van der Waals surface area contributed by atoms with E-state index in [9.17, 15) is 13.6 Å². The molecule has 0 spiro atoms. The molecule has 0 N–H and O–H groups in total. The predicted molar refractivity (Wildman–Crippen MR) is 22.1 cm³/mol. The number of carbonyl (C=O) groups excluding carboxylic acids is 1. The normalized spacial score (nSPS) is 6.70. The van der Waals surface area contributed by atoms with E-state index in [0.29, 0.717) is 0 Å². The molecule has 6 heteroatoms. The van der Waals surface area contributed by atoms with Gasteiger partial charge in [0.05, 0.1) is 6.61 Å². The number of rotatable bonds is 2. The van der Waals surface area contributed by atoms with E-state index in [4.69, 9.17) is 0 Å². The molecule has 0 unspecified atom stereocenters. The number of hydrogen-bond acceptors (Lipinski definition) is 2. The fraction of sp³-hybridized carbons (Fsp3) is 0.500. The minimum atomic E-state index is -2.30. The van der Waals surface area contributed by atoms with Crippen LogP contribution in [-0.2, 0) is 29.0 Å². The molecule has 0 aliphatic carbocycles. The van der Waals surface area contributed by atoms with Crippen LogP contribution in [-0.4, -0.2) is 12.6 Å². The maximum atomic E-state index is 11.1. The zero-order chi connectivity index (χ0) is 6.57. The van der Waals surface area contributed by atoms with Gasteiger partial charge in [0.15, 0.2) is 0 Å². The molecule has 0 aromatic rings. The Balaban J connectivity index is -0.000000245. The van der Waals surface area contributed by atoms with Crippen molar-refractivity contribution in [3.63, 3.8) is 0 Å². The van der Waals surface area contributed by atoms with Crippen LogP contribution in [0.4, 0.5) is 8.78 Å². The van der Waals surface area contributed by atoms with Crippen molar-refractivity contribution in [3.8, 4) is 0 Å². The van der Waals surface area contributed by atoms with Crippen LogP contribution in [0.5, 0.6) is 0 Å². The maximum Gasteiger partial charge on any atom is 2.00 e. The van der Waals surface area contributed by atoms with Crippen LogP contribution in [0.2, 0.25) is 0 Å². The summed E-state index contributed by atoms with van der Waals surface area (Å²) in [5, 5.41) is 0. The molecule has 0 saturated carbocycles. The minimum absolute atomic E-state index is 0. The second kappa shape index (κ2) is 9.30. The van der Waals surface area contributed by atoms with E-state index < -0.39 is 12.4 Å². The number of hydrogen-bond donors (Lipinski definition) is 0. The molecule has 0 radical (unpaired) electrons. The van der Waals surface area contributed by atoms with Crippen LogP contribution < -0.4 is 17.0 Å². The SMILES string of the molecule is CCOC(=O)[C-](F)F.[Br-].[Zn+2]. The van der Waals surface area contributed by atoms with Crippen LogP contribution in [0.3, 0.4) is 0 Å². The van der Waals surface area contributed by atoms with Gasteiger partial charge in [-0.3, -0.25) is 4.79 Å². The first kappa shape index (κ1) is 16.7. The van der Waals surface area contributed by atoms with Crippen molar-refractivity contribution >= 4 is 5.97 Å². The van der Waals surface area contributed by atoms with Crippen molar-refractivity contribution in [2.24, 2.45) is 0 Å². The third-order valence-corrected chi connectivity index (χ3v) is 0.430. The van der Waals surface area contributed by atoms with Gasteiger partial charge in [0.1, 0.15) is 0 Å². The van der Waals surface area contributed by atoms with Crippen molar-refractivity contribution in [2.45, 2.75) is 6.92 Å². The Morgan fingerprint density at radius 3 is 2.10 bits per heavy atom. The van der Waals surface area contributed by atoms with Crippen molar-refractivity contribution in [1.29, 1.82) is 0 Å². The first-order valence-electron chi connectivity index (χ1n) is 2.03. The molecule has 56 valence electrons. The van der Waals surface area contributed by atoms with Gasteiger partial charge in [-0.1, -0.05) is 0 Å². The number of ether oxygens (including phenoxy) is 1. The van der Waals surface area contributed by atoms with Crippen LogP contribution in [0.15, 0.2) is 0 Å². The fourth-order valence-corrected chi connectivity index (χ4v) is 0.186. The molecule has 2 nitrogen and oxygen atoms in total. The van der Waals surface area contributed by atoms with Gasteiger partial charge in [0.25, 0.3) is 0 Å². The summed E-state index contributed by atoms with van der Waals surface area (Å²) in [4.78, 5) is 9.73. The minimum Gasteiger partial charge on any atom is -1.00 e. The van der Waals surface area contributed by atoms with E-state index in [1.807, 2.05) is 0 Å². The molecule has 0 heterocycles. The van der Waals surface area contributed by atoms with Gasteiger partial charge in [0.2, 0.25) is 5.97 Å². The first-order chi connectivity index (χ1) is 3.68. The third-order valence-electron chi connectivity index (χ3n) is 0.430. The molecule has 0 rings (SSSR count). The predicted octanol–water partition coefficient (Wildman–Crippen LogP) is -2.02. The second-order valence-electron chi connectivity index (χ2n) is 0.981. The Morgan fingerprint density at radius 2 is 2.00 bits per heavy atom. The molecule has 0 amide bonds. The molecule has 0 aliphatic heterocycles. The first-order valence-corrected chi connectivity index (χ1v) is 2.03. The number of esters is 1. The molecule has 0 fully saturated rings. The Bertz CT molecular complexity index is 91.3. The quantitative estimate of drug-likeness (QED) is 0.328. The summed E-state index contributed by atoms with van der Waals surface area (Å²) >= 11 is 0. The summed E-state index contributed by atoms with van der Waals surface area (Å²) in [5.74, 6) is -1.53. The maximum absolute atomic E-state index is 11.1. The van der Waals surface area contributed by atoms with E-state index in [0.717, 1.165) is 0 Å². The smallest absolute Gasteiger partial charge is 1.00 e. The Morgan fingerprint density at radius 1 is 1.60 bits per heavy atom. The molecule has 0 aromatic heterocycles. The van der Waals surface area contributed by atoms with Gasteiger partial charge >= 0.3 is 19.5 Å². The summed E-state index contributed by atoms with van der Waals surface area (Å²) in [6, 6.07) is 0. The molecule has 0 bridgehead atoms. The molecular weight excluding hydrogens is 263 g/mol. The largest absolute Gasteiger partial charge is 2.00 e. The van der Waals surface area contributed by atoms with E-state index in [1.165, 1.54) is 6.92 Å². The average molecular weight is 268 g/mol. The second-order valence-corrected chi connectivity index (χ2v) is 0.981. The number of halogens is 3. The van der Waals surface area contributed by atoms with E-state index in [1.54, 1.807) is 0 Å². The van der Waals surface area contributed by atoms with Gasteiger partial charge in [-0.15, -0.1) is 0 Å². The van der Waals surface area contributed by atoms with Crippen LogP contribution in [0.1, 0.15) is 6.92 Å². The summed E-state index contributed by atoms with van der Waals surface area (Å²) in [5.41, 5.74) is 0. The Labute approximate surface area is 80.8 Å². The van der Waals surface area contributed by atoms with Crippen molar-refractivity contribution in [1.82, 2.24) is 0 Å². The molecule has 0 atom stereocenters. The summed E-state index contributed by atoms with van der Waals surface area (Å²) in [6.45, 7) is 1.44. The standard InChI is InChI=1S/C4H5F2O2.BrH.Zn/c1-2-8-4(7)3(5)6;;/h2H2,1H3;1H;/q-1;;+2/p-1. The van der Waals surface area contributed by atoms with Gasteiger partial charge in [-0.25, -0.2) is 0 Å². The monoisotopic (exact) mass is 266 g/mol. The third kappa shape index (κ3) is 8.30. The molecular formula is C4H5BrF2O2Zn. The Hall–Kier alpha value is 0.303. The molecule has 0 aromatic carbocycles. The van der Waals surface area contributed by atoms with Crippen LogP contribution in [0.25, 0.3) is 0 Å². The molecule has 0 saturated heterocycles. The van der Waals surface area contributed by atoms with Crippen molar-refractivity contribution in [2.75, 3.05) is 6.61 Å². The van der Waals surface area contributed by atoms with Gasteiger partial charge in [-0.2, -0.15) is 0 Å². The van der Waals surface area contributed by atoms with E-state index in [2.05, 4.69) is 4.74 Å². The fourth-order valence-electron chi connectivity index (χ4n) is 0.186. The summed E-state index contributed by atoms with van der Waals surface area (Å²) in [7, 11) is 0. The van der Waals surface area contributed by atoms with Crippen molar-refractivity contribution < 1.29 is 54.8 Å². The zero-order valence-electron chi connectivity index (χ0n) is 5.36. The van der Waals surface area contributed by atoms with Crippen LogP contribution in [0, 0.1) is 6.43 Å². The van der Waals surface area contributed by atoms with Crippen molar-refractivity contribution in [3.05, 3.63) is 6.43 Å².